The first-order valence-corrected chi connectivity index (χ1v) is 9.74. The van der Waals surface area contributed by atoms with E-state index in [9.17, 15) is 14.4 Å². The van der Waals surface area contributed by atoms with Crippen LogP contribution in [0.2, 0.25) is 5.02 Å². The van der Waals surface area contributed by atoms with Gasteiger partial charge in [0.25, 0.3) is 5.91 Å². The van der Waals surface area contributed by atoms with E-state index in [0.29, 0.717) is 10.7 Å². The summed E-state index contributed by atoms with van der Waals surface area (Å²) >= 11 is 6.20. The fourth-order valence-corrected chi connectivity index (χ4v) is 2.90. The highest BCUT2D eigenvalue weighted by molar-refractivity contribution is 6.33. The van der Waals surface area contributed by atoms with Gasteiger partial charge in [0, 0.05) is 6.21 Å². The number of aromatic nitrogens is 3. The molecule has 1 unspecified atom stereocenters. The molecule has 0 fully saturated rings. The second-order valence-electron chi connectivity index (χ2n) is 6.35. The Bertz CT molecular complexity index is 1180. The number of anilines is 3. The number of para-hydroxylation sites is 1. The van der Waals surface area contributed by atoms with E-state index in [4.69, 9.17) is 21.7 Å². The first-order chi connectivity index (χ1) is 15.5. The van der Waals surface area contributed by atoms with Gasteiger partial charge in [-0.25, -0.2) is 19.3 Å². The van der Waals surface area contributed by atoms with Gasteiger partial charge in [-0.2, -0.15) is 5.26 Å². The Morgan fingerprint density at radius 2 is 2.16 bits per heavy atom. The Kier molecular flexibility index (Phi) is 7.25. The molecule has 32 heavy (non-hydrogen) atoms. The molecule has 0 spiro atoms. The molecule has 0 radical (unpaired) electrons. The molecule has 9 nitrogen and oxygen atoms in total. The number of ether oxygens (including phenoxy) is 1. The van der Waals surface area contributed by atoms with Gasteiger partial charge in [0.05, 0.1) is 28.0 Å². The number of hydrogen-bond donors (Lipinski definition) is 3. The smallest absolute Gasteiger partial charge is 0.266 e. The number of carbonyl (C=O) groups is 1. The second-order valence-corrected chi connectivity index (χ2v) is 6.76. The predicted molar refractivity (Wildman–Crippen MR) is 117 cm³/mol. The number of amides is 1. The maximum absolute atomic E-state index is 13.0. The van der Waals surface area contributed by atoms with Crippen molar-refractivity contribution in [2.75, 3.05) is 10.6 Å². The average Bonchev–Trinajstić information content (AvgIpc) is 2.80. The lowest BCUT2D eigenvalue weighted by molar-refractivity contribution is -0.123. The van der Waals surface area contributed by atoms with Gasteiger partial charge in [-0.05, 0) is 30.7 Å². The van der Waals surface area contributed by atoms with Crippen molar-refractivity contribution in [3.05, 3.63) is 64.8 Å². The molecule has 0 saturated carbocycles. The highest BCUT2D eigenvalue weighted by Gasteiger charge is 2.23. The van der Waals surface area contributed by atoms with E-state index in [1.807, 2.05) is 6.07 Å². The molecular weight excluding hydrogens is 437 g/mol. The first-order valence-electron chi connectivity index (χ1n) is 9.37. The highest BCUT2D eigenvalue weighted by Crippen LogP contribution is 2.31. The standard InChI is InChI=1S/C21H17ClFN7O2/c1-2-16(20(31)29-17-7-6-13(23)10-26-17)32-21-14(9-25)19(27-11-28-21)30-18-12(8-24)4-3-5-15(18)22/h3-7,9-11,16,25H,2H2,1H3,(H,26,29,31)(H,27,28,30). The van der Waals surface area contributed by atoms with Crippen molar-refractivity contribution in [1.29, 1.82) is 10.7 Å². The summed E-state index contributed by atoms with van der Waals surface area (Å²) in [4.78, 5) is 24.5. The molecule has 1 amide bonds. The number of nitriles is 1. The summed E-state index contributed by atoms with van der Waals surface area (Å²) in [5.41, 5.74) is 0.756. The largest absolute Gasteiger partial charge is 0.464 e. The number of carbonyl (C=O) groups excluding carboxylic acids is 1. The number of pyridine rings is 1. The lowest BCUT2D eigenvalue weighted by Crippen LogP contribution is -2.33. The Labute approximate surface area is 187 Å². The lowest BCUT2D eigenvalue weighted by atomic mass is 10.2. The van der Waals surface area contributed by atoms with Crippen LogP contribution in [0.4, 0.5) is 21.7 Å². The lowest BCUT2D eigenvalue weighted by Gasteiger charge is -2.19. The number of halogens is 2. The summed E-state index contributed by atoms with van der Waals surface area (Å²) in [5, 5.41) is 22.9. The molecule has 3 rings (SSSR count). The van der Waals surface area contributed by atoms with E-state index in [0.717, 1.165) is 12.4 Å². The predicted octanol–water partition coefficient (Wildman–Crippen LogP) is 4.07. The van der Waals surface area contributed by atoms with Gasteiger partial charge in [0.1, 0.15) is 29.8 Å². The molecule has 11 heteroatoms. The molecule has 1 aromatic carbocycles. The molecule has 2 heterocycles. The summed E-state index contributed by atoms with van der Waals surface area (Å²) in [7, 11) is 0. The molecule has 0 aliphatic carbocycles. The Balaban J connectivity index is 1.85. The Morgan fingerprint density at radius 1 is 1.34 bits per heavy atom. The van der Waals surface area contributed by atoms with Crippen LogP contribution in [0.5, 0.6) is 5.88 Å². The van der Waals surface area contributed by atoms with Crippen LogP contribution in [0.3, 0.4) is 0 Å². The van der Waals surface area contributed by atoms with Crippen LogP contribution in [0.15, 0.2) is 42.9 Å². The van der Waals surface area contributed by atoms with E-state index in [1.165, 1.54) is 18.5 Å². The van der Waals surface area contributed by atoms with Gasteiger partial charge in [-0.3, -0.25) is 4.79 Å². The minimum atomic E-state index is -0.974. The third kappa shape index (κ3) is 5.14. The fraction of sp³-hybridized carbons (Fsp3) is 0.143. The molecule has 3 aromatic rings. The summed E-state index contributed by atoms with van der Waals surface area (Å²) < 4.78 is 18.8. The number of benzene rings is 1. The summed E-state index contributed by atoms with van der Waals surface area (Å²) in [6.07, 6.45) is 2.45. The zero-order chi connectivity index (χ0) is 23.1. The third-order valence-electron chi connectivity index (χ3n) is 4.26. The van der Waals surface area contributed by atoms with E-state index >= 15 is 0 Å². The van der Waals surface area contributed by atoms with Crippen molar-refractivity contribution >= 4 is 41.0 Å². The molecule has 3 N–H and O–H groups in total. The van der Waals surface area contributed by atoms with Gasteiger partial charge >= 0.3 is 0 Å². The van der Waals surface area contributed by atoms with Gasteiger partial charge in [0.15, 0.2) is 6.10 Å². The third-order valence-corrected chi connectivity index (χ3v) is 4.58. The van der Waals surface area contributed by atoms with E-state index in [1.54, 1.807) is 25.1 Å². The summed E-state index contributed by atoms with van der Waals surface area (Å²) in [6.45, 7) is 1.73. The summed E-state index contributed by atoms with van der Waals surface area (Å²) in [5.74, 6) is -0.727. The molecule has 162 valence electrons. The van der Waals surface area contributed by atoms with E-state index in [-0.39, 0.29) is 35.1 Å². The number of hydrogen-bond acceptors (Lipinski definition) is 8. The van der Waals surface area contributed by atoms with Crippen LogP contribution in [-0.4, -0.2) is 33.2 Å². The van der Waals surface area contributed by atoms with Crippen molar-refractivity contribution in [3.8, 4) is 11.9 Å². The van der Waals surface area contributed by atoms with Crippen LogP contribution in [0, 0.1) is 22.6 Å². The monoisotopic (exact) mass is 453 g/mol. The topological polar surface area (TPSA) is 137 Å². The quantitative estimate of drug-likeness (QED) is 0.437. The number of nitrogens with one attached hydrogen (secondary N) is 3. The second kappa shape index (κ2) is 10.3. The minimum Gasteiger partial charge on any atom is -0.464 e. The maximum Gasteiger partial charge on any atom is 0.266 e. The average molecular weight is 454 g/mol. The molecule has 0 bridgehead atoms. The normalized spacial score (nSPS) is 11.2. The molecule has 1 atom stereocenters. The number of nitrogens with zero attached hydrogens (tertiary/aromatic N) is 4. The van der Waals surface area contributed by atoms with E-state index in [2.05, 4.69) is 25.6 Å². The molecule has 0 saturated heterocycles. The van der Waals surface area contributed by atoms with Crippen LogP contribution in [0.25, 0.3) is 0 Å². The van der Waals surface area contributed by atoms with Gasteiger partial charge in [-0.1, -0.05) is 24.6 Å². The van der Waals surface area contributed by atoms with Crippen LogP contribution in [-0.2, 0) is 4.79 Å². The van der Waals surface area contributed by atoms with Crippen molar-refractivity contribution in [1.82, 2.24) is 15.0 Å². The minimum absolute atomic E-state index is 0.0165. The number of rotatable bonds is 8. The van der Waals surface area contributed by atoms with Crippen LogP contribution in [0.1, 0.15) is 24.5 Å². The highest BCUT2D eigenvalue weighted by atomic mass is 35.5. The van der Waals surface area contributed by atoms with Crippen molar-refractivity contribution in [2.24, 2.45) is 0 Å². The van der Waals surface area contributed by atoms with E-state index < -0.39 is 17.8 Å². The maximum atomic E-state index is 13.0. The zero-order valence-corrected chi connectivity index (χ0v) is 17.5. The molecule has 0 aliphatic heterocycles. The molecular formula is C21H17ClFN7O2. The van der Waals surface area contributed by atoms with Gasteiger partial charge < -0.3 is 20.8 Å². The van der Waals surface area contributed by atoms with Crippen LogP contribution >= 0.6 is 11.6 Å². The summed E-state index contributed by atoms with van der Waals surface area (Å²) in [6, 6.07) is 9.35. The van der Waals surface area contributed by atoms with Crippen molar-refractivity contribution < 1.29 is 13.9 Å². The Hall–Kier alpha value is -4.10. The zero-order valence-electron chi connectivity index (χ0n) is 16.8. The fourth-order valence-electron chi connectivity index (χ4n) is 2.68. The van der Waals surface area contributed by atoms with Crippen molar-refractivity contribution in [2.45, 2.75) is 19.4 Å². The van der Waals surface area contributed by atoms with Gasteiger partial charge in [0.2, 0.25) is 5.88 Å². The Morgan fingerprint density at radius 3 is 2.81 bits per heavy atom. The van der Waals surface area contributed by atoms with Crippen LogP contribution < -0.4 is 15.4 Å². The van der Waals surface area contributed by atoms with Gasteiger partial charge in [-0.15, -0.1) is 0 Å². The molecule has 2 aromatic heterocycles. The van der Waals surface area contributed by atoms with Crippen molar-refractivity contribution in [3.63, 3.8) is 0 Å². The first kappa shape index (κ1) is 22.6. The molecule has 0 aliphatic rings. The SMILES string of the molecule is CCC(Oc1ncnc(Nc2c(Cl)cccc2C#N)c1C=N)C(=O)Nc1ccc(F)cn1.